The van der Waals surface area contributed by atoms with Crippen molar-refractivity contribution in [3.8, 4) is 17.0 Å². The van der Waals surface area contributed by atoms with E-state index in [2.05, 4.69) is 35.1 Å². The molecule has 11 nitrogen and oxygen atoms in total. The van der Waals surface area contributed by atoms with Crippen molar-refractivity contribution in [3.63, 3.8) is 0 Å². The molecule has 4 aromatic rings. The molecule has 1 saturated heterocycles. The van der Waals surface area contributed by atoms with Gasteiger partial charge >= 0.3 is 6.03 Å². The number of imidazole rings is 1. The Labute approximate surface area is 221 Å². The highest BCUT2D eigenvalue weighted by Gasteiger charge is 2.24. The highest BCUT2D eigenvalue weighted by molar-refractivity contribution is 5.84. The number of hydrogen-bond acceptors (Lipinski definition) is 8. The predicted octanol–water partition coefficient (Wildman–Crippen LogP) is 3.75. The lowest BCUT2D eigenvalue weighted by atomic mass is 10.1. The summed E-state index contributed by atoms with van der Waals surface area (Å²) in [7, 11) is 1.61. The maximum absolute atomic E-state index is 12.6. The topological polar surface area (TPSA) is 115 Å². The number of carbonyl (C=O) groups is 1. The first-order chi connectivity index (χ1) is 18.6. The van der Waals surface area contributed by atoms with Crippen molar-refractivity contribution in [1.82, 2.24) is 39.6 Å². The fraction of sp³-hybridized carbons (Fsp3) is 0.370. The van der Waals surface area contributed by atoms with Gasteiger partial charge in [-0.05, 0) is 43.7 Å². The van der Waals surface area contributed by atoms with E-state index in [9.17, 15) is 4.79 Å². The van der Waals surface area contributed by atoms with Crippen LogP contribution >= 0.6 is 0 Å². The Balaban J connectivity index is 1.23. The highest BCUT2D eigenvalue weighted by Crippen LogP contribution is 2.29. The number of ether oxygens (including phenoxy) is 1. The highest BCUT2D eigenvalue weighted by atomic mass is 16.5. The molecule has 11 heteroatoms. The van der Waals surface area contributed by atoms with E-state index in [0.29, 0.717) is 11.7 Å². The van der Waals surface area contributed by atoms with Crippen molar-refractivity contribution in [1.29, 1.82) is 0 Å². The van der Waals surface area contributed by atoms with E-state index < -0.39 is 0 Å². The van der Waals surface area contributed by atoms with Gasteiger partial charge in [0.2, 0.25) is 5.95 Å². The van der Waals surface area contributed by atoms with Crippen LogP contribution in [0, 0.1) is 0 Å². The number of piperazine rings is 1. The summed E-state index contributed by atoms with van der Waals surface area (Å²) in [5.41, 5.74) is 4.49. The van der Waals surface area contributed by atoms with Gasteiger partial charge in [0, 0.05) is 57.6 Å². The molecule has 198 valence electrons. The average molecular weight is 516 g/mol. The number of rotatable bonds is 8. The van der Waals surface area contributed by atoms with Crippen molar-refractivity contribution in [2.75, 3.05) is 51.7 Å². The van der Waals surface area contributed by atoms with Crippen molar-refractivity contribution in [2.24, 2.45) is 0 Å². The lowest BCUT2D eigenvalue weighted by Gasteiger charge is -2.37. The summed E-state index contributed by atoms with van der Waals surface area (Å²) in [5.74, 6) is 1.94. The zero-order chi connectivity index (χ0) is 26.5. The summed E-state index contributed by atoms with van der Waals surface area (Å²) in [6.45, 7) is 9.51. The van der Waals surface area contributed by atoms with Crippen LogP contribution in [0.3, 0.4) is 0 Å². The Bertz CT molecular complexity index is 1390. The fourth-order valence-electron chi connectivity index (χ4n) is 4.71. The number of amides is 2. The first-order valence-electron chi connectivity index (χ1n) is 12.9. The standard InChI is InChI=1S/C27H33N9O2/c1-4-35(5-2)27(37)36-12-10-34(11-13-36)17-19-8-9-29-24(14-19)33-26-31-21-7-6-20(15-22(21)32-26)25-23(38-3)16-28-18-30-25/h6-9,14-16,18H,4-5,10-13,17H2,1-3H3,(H2,29,31,32,33). The van der Waals surface area contributed by atoms with Crippen molar-refractivity contribution in [2.45, 2.75) is 20.4 Å². The van der Waals surface area contributed by atoms with E-state index in [1.807, 2.05) is 54.0 Å². The maximum atomic E-state index is 12.6. The number of nitrogens with one attached hydrogen (secondary N) is 2. The van der Waals surface area contributed by atoms with Gasteiger partial charge in [-0.3, -0.25) is 4.90 Å². The maximum Gasteiger partial charge on any atom is 0.320 e. The van der Waals surface area contributed by atoms with E-state index in [-0.39, 0.29) is 6.03 Å². The molecule has 38 heavy (non-hydrogen) atoms. The minimum absolute atomic E-state index is 0.138. The second kappa shape index (κ2) is 11.4. The molecule has 0 unspecified atom stereocenters. The van der Waals surface area contributed by atoms with E-state index in [0.717, 1.165) is 79.5 Å². The number of methoxy groups -OCH3 is 1. The smallest absolute Gasteiger partial charge is 0.320 e. The Morgan fingerprint density at radius 2 is 1.92 bits per heavy atom. The van der Waals surface area contributed by atoms with E-state index in [4.69, 9.17) is 4.74 Å². The molecule has 1 aliphatic heterocycles. The molecule has 0 atom stereocenters. The van der Waals surface area contributed by atoms with Crippen molar-refractivity contribution < 1.29 is 9.53 Å². The first kappa shape index (κ1) is 25.4. The quantitative estimate of drug-likeness (QED) is 0.365. The molecule has 5 rings (SSSR count). The zero-order valence-electron chi connectivity index (χ0n) is 22.0. The third-order valence-corrected chi connectivity index (χ3v) is 6.81. The minimum atomic E-state index is 0.138. The van der Waals surface area contributed by atoms with Crippen LogP contribution in [0.1, 0.15) is 19.4 Å². The second-order valence-corrected chi connectivity index (χ2v) is 9.15. The van der Waals surface area contributed by atoms with E-state index in [1.54, 1.807) is 19.5 Å². The summed E-state index contributed by atoms with van der Waals surface area (Å²) >= 11 is 0. The van der Waals surface area contributed by atoms with Gasteiger partial charge < -0.3 is 24.8 Å². The first-order valence-corrected chi connectivity index (χ1v) is 12.9. The van der Waals surface area contributed by atoms with Crippen molar-refractivity contribution >= 4 is 28.8 Å². The van der Waals surface area contributed by atoms with Crippen LogP contribution in [0.25, 0.3) is 22.3 Å². The number of aromatic amines is 1. The summed E-state index contributed by atoms with van der Waals surface area (Å²) < 4.78 is 5.40. The van der Waals surface area contributed by atoms with Crippen LogP contribution in [0.4, 0.5) is 16.6 Å². The molecule has 0 bridgehead atoms. The zero-order valence-corrected chi connectivity index (χ0v) is 22.0. The van der Waals surface area contributed by atoms with Gasteiger partial charge in [-0.2, -0.15) is 0 Å². The number of aromatic nitrogens is 5. The monoisotopic (exact) mass is 515 g/mol. The van der Waals surface area contributed by atoms with E-state index >= 15 is 0 Å². The Morgan fingerprint density at radius 3 is 2.68 bits per heavy atom. The predicted molar refractivity (Wildman–Crippen MR) is 146 cm³/mol. The van der Waals surface area contributed by atoms with Crippen molar-refractivity contribution in [3.05, 3.63) is 54.6 Å². The summed E-state index contributed by atoms with van der Waals surface area (Å²) in [4.78, 5) is 39.7. The molecule has 1 aliphatic rings. The lowest BCUT2D eigenvalue weighted by Crippen LogP contribution is -2.52. The number of anilines is 2. The number of carbonyl (C=O) groups excluding carboxylic acids is 1. The summed E-state index contributed by atoms with van der Waals surface area (Å²) in [6.07, 6.45) is 4.96. The Morgan fingerprint density at radius 1 is 1.11 bits per heavy atom. The van der Waals surface area contributed by atoms with Gasteiger partial charge in [0.25, 0.3) is 0 Å². The van der Waals surface area contributed by atoms with Crippen LogP contribution in [0.2, 0.25) is 0 Å². The summed E-state index contributed by atoms with van der Waals surface area (Å²) in [5, 5.41) is 3.30. The molecule has 1 aromatic carbocycles. The average Bonchev–Trinajstić information content (AvgIpc) is 3.35. The molecule has 0 aliphatic carbocycles. The molecule has 3 aromatic heterocycles. The number of pyridine rings is 1. The van der Waals surface area contributed by atoms with Crippen LogP contribution in [-0.2, 0) is 6.54 Å². The third kappa shape index (κ3) is 5.52. The SMILES string of the molecule is CCN(CC)C(=O)N1CCN(Cc2ccnc(Nc3nc4ccc(-c5ncncc5OC)cc4[nH]3)c2)CC1. The van der Waals surface area contributed by atoms with Crippen LogP contribution in [0.15, 0.2) is 49.1 Å². The number of fused-ring (bicyclic) bond motifs is 1. The van der Waals surface area contributed by atoms with Gasteiger partial charge in [-0.15, -0.1) is 0 Å². The van der Waals surface area contributed by atoms with E-state index in [1.165, 1.54) is 6.33 Å². The molecular weight excluding hydrogens is 482 g/mol. The van der Waals surface area contributed by atoms with Gasteiger partial charge in [-0.25, -0.2) is 24.7 Å². The number of H-pyrrole nitrogens is 1. The van der Waals surface area contributed by atoms with Gasteiger partial charge in [0.05, 0.1) is 24.3 Å². The Hall–Kier alpha value is -4.25. The van der Waals surface area contributed by atoms with Gasteiger partial charge in [-0.1, -0.05) is 6.07 Å². The molecule has 1 fully saturated rings. The largest absolute Gasteiger partial charge is 0.493 e. The molecule has 0 spiro atoms. The third-order valence-electron chi connectivity index (χ3n) is 6.81. The number of hydrogen-bond donors (Lipinski definition) is 2. The molecule has 2 N–H and O–H groups in total. The molecule has 2 amide bonds. The van der Waals surface area contributed by atoms with Gasteiger partial charge in [0.1, 0.15) is 17.8 Å². The molecule has 4 heterocycles. The number of nitrogens with zero attached hydrogens (tertiary/aromatic N) is 7. The normalized spacial score (nSPS) is 14.0. The number of benzene rings is 1. The Kier molecular flexibility index (Phi) is 7.64. The number of urea groups is 1. The summed E-state index contributed by atoms with van der Waals surface area (Å²) in [6, 6.07) is 10.1. The fourth-order valence-corrected chi connectivity index (χ4v) is 4.71. The minimum Gasteiger partial charge on any atom is -0.493 e. The van der Waals surface area contributed by atoms with Crippen LogP contribution in [0.5, 0.6) is 5.75 Å². The molecule has 0 radical (unpaired) electrons. The lowest BCUT2D eigenvalue weighted by molar-refractivity contribution is 0.112. The molecular formula is C27H33N9O2. The van der Waals surface area contributed by atoms with Crippen LogP contribution in [-0.4, -0.2) is 92.0 Å². The second-order valence-electron chi connectivity index (χ2n) is 9.15. The van der Waals surface area contributed by atoms with Gasteiger partial charge in [0.15, 0.2) is 5.75 Å². The van der Waals surface area contributed by atoms with Crippen LogP contribution < -0.4 is 10.1 Å². The molecule has 0 saturated carbocycles.